The summed E-state index contributed by atoms with van der Waals surface area (Å²) in [6.45, 7) is 1.81. The fourth-order valence-corrected chi connectivity index (χ4v) is 2.57. The van der Waals surface area contributed by atoms with E-state index >= 15 is 0 Å². The second-order valence-electron chi connectivity index (χ2n) is 4.38. The zero-order valence-corrected chi connectivity index (χ0v) is 12.7. The van der Waals surface area contributed by atoms with Crippen LogP contribution in [0.5, 0.6) is 0 Å². The molecule has 8 heteroatoms. The van der Waals surface area contributed by atoms with E-state index < -0.39 is 5.97 Å². The van der Waals surface area contributed by atoms with Gasteiger partial charge in [0.05, 0.1) is 11.9 Å². The second kappa shape index (κ2) is 7.78. The van der Waals surface area contributed by atoms with Gasteiger partial charge in [-0.1, -0.05) is 6.92 Å². The quantitative estimate of drug-likeness (QED) is 0.798. The van der Waals surface area contributed by atoms with Crippen molar-refractivity contribution in [1.29, 1.82) is 0 Å². The summed E-state index contributed by atoms with van der Waals surface area (Å²) in [6.07, 6.45) is 5.81. The van der Waals surface area contributed by atoms with Crippen LogP contribution in [-0.2, 0) is 11.3 Å². The number of amides is 2. The number of aromatic nitrogens is 2. The first-order chi connectivity index (χ1) is 9.47. The van der Waals surface area contributed by atoms with Crippen LogP contribution in [0.2, 0.25) is 0 Å². The topological polar surface area (TPSA) is 87.5 Å². The minimum absolute atomic E-state index is 0.166. The van der Waals surface area contributed by atoms with Gasteiger partial charge >= 0.3 is 12.0 Å². The van der Waals surface area contributed by atoms with Gasteiger partial charge in [-0.15, -0.1) is 0 Å². The van der Waals surface area contributed by atoms with Crippen LogP contribution in [-0.4, -0.2) is 56.9 Å². The highest BCUT2D eigenvalue weighted by Crippen LogP contribution is 2.11. The molecule has 0 spiro atoms. The Morgan fingerprint density at radius 3 is 2.85 bits per heavy atom. The van der Waals surface area contributed by atoms with Gasteiger partial charge in [0.15, 0.2) is 0 Å². The summed E-state index contributed by atoms with van der Waals surface area (Å²) in [4.78, 5) is 24.3. The molecule has 1 heterocycles. The Morgan fingerprint density at radius 2 is 2.30 bits per heavy atom. The van der Waals surface area contributed by atoms with Crippen LogP contribution < -0.4 is 5.32 Å². The van der Waals surface area contributed by atoms with Crippen LogP contribution in [0.3, 0.4) is 0 Å². The Labute approximate surface area is 122 Å². The van der Waals surface area contributed by atoms with Crippen molar-refractivity contribution in [1.82, 2.24) is 14.7 Å². The summed E-state index contributed by atoms with van der Waals surface area (Å²) in [5, 5.41) is 15.2. The van der Waals surface area contributed by atoms with Gasteiger partial charge in [-0.2, -0.15) is 16.9 Å². The van der Waals surface area contributed by atoms with Gasteiger partial charge in [-0.05, 0) is 12.7 Å². The maximum atomic E-state index is 12.1. The van der Waals surface area contributed by atoms with Crippen molar-refractivity contribution in [3.8, 4) is 0 Å². The smallest absolute Gasteiger partial charge is 0.325 e. The number of thioether (sulfide) groups is 1. The third-order valence-corrected chi connectivity index (χ3v) is 3.60. The molecule has 0 aliphatic carbocycles. The van der Waals surface area contributed by atoms with E-state index in [1.54, 1.807) is 23.7 Å². The van der Waals surface area contributed by atoms with E-state index in [0.717, 1.165) is 12.2 Å². The lowest BCUT2D eigenvalue weighted by Crippen LogP contribution is -2.40. The molecule has 0 bridgehead atoms. The highest BCUT2D eigenvalue weighted by molar-refractivity contribution is 7.98. The van der Waals surface area contributed by atoms with E-state index in [9.17, 15) is 9.59 Å². The molecule has 1 rings (SSSR count). The Balaban J connectivity index is 2.60. The number of urea groups is 1. The molecule has 1 aromatic heterocycles. The third-order valence-electron chi connectivity index (χ3n) is 2.88. The number of rotatable bonds is 7. The Kier molecular flexibility index (Phi) is 6.37. The molecule has 7 nitrogen and oxygen atoms in total. The first-order valence-corrected chi connectivity index (χ1v) is 7.64. The molecule has 0 aliphatic rings. The largest absolute Gasteiger partial charge is 0.480 e. The van der Waals surface area contributed by atoms with E-state index in [2.05, 4.69) is 10.4 Å². The Bertz CT molecular complexity index is 463. The summed E-state index contributed by atoms with van der Waals surface area (Å²) in [7, 11) is 1.75. The summed E-state index contributed by atoms with van der Waals surface area (Å²) in [6, 6.07) is -0.0557. The second-order valence-corrected chi connectivity index (χ2v) is 5.29. The van der Waals surface area contributed by atoms with Crippen molar-refractivity contribution >= 4 is 29.4 Å². The maximum Gasteiger partial charge on any atom is 0.325 e. The van der Waals surface area contributed by atoms with Crippen LogP contribution in [0.25, 0.3) is 0 Å². The van der Waals surface area contributed by atoms with Crippen molar-refractivity contribution in [2.45, 2.75) is 25.9 Å². The SMILES string of the molecule is CCC(CSC)N(C)C(=O)Nc1cnn(CC(=O)O)c1. The molecule has 0 fully saturated rings. The van der Waals surface area contributed by atoms with Crippen molar-refractivity contribution in [2.24, 2.45) is 0 Å². The van der Waals surface area contributed by atoms with Gasteiger partial charge in [0.1, 0.15) is 6.54 Å². The molecular weight excluding hydrogens is 280 g/mol. The lowest BCUT2D eigenvalue weighted by molar-refractivity contribution is -0.137. The zero-order chi connectivity index (χ0) is 15.1. The van der Waals surface area contributed by atoms with Gasteiger partial charge < -0.3 is 15.3 Å². The van der Waals surface area contributed by atoms with Crippen molar-refractivity contribution in [3.63, 3.8) is 0 Å². The standard InChI is InChI=1S/C12H20N4O3S/c1-4-10(8-20-3)15(2)12(19)14-9-5-13-16(6-9)7-11(17)18/h5-6,10H,4,7-8H2,1-3H3,(H,14,19)(H,17,18). The maximum absolute atomic E-state index is 12.1. The van der Waals surface area contributed by atoms with Crippen molar-refractivity contribution in [3.05, 3.63) is 12.4 Å². The number of hydrogen-bond acceptors (Lipinski definition) is 4. The number of carbonyl (C=O) groups is 2. The van der Waals surface area contributed by atoms with Crippen molar-refractivity contribution in [2.75, 3.05) is 24.4 Å². The highest BCUT2D eigenvalue weighted by Gasteiger charge is 2.18. The van der Waals surface area contributed by atoms with E-state index in [1.165, 1.54) is 17.1 Å². The molecule has 0 aromatic carbocycles. The predicted molar refractivity (Wildman–Crippen MR) is 79.1 cm³/mol. The van der Waals surface area contributed by atoms with Crippen LogP contribution in [0.1, 0.15) is 13.3 Å². The number of hydrogen-bond donors (Lipinski definition) is 2. The fourth-order valence-electron chi connectivity index (χ4n) is 1.73. The molecule has 112 valence electrons. The number of carboxylic acid groups (broad SMARTS) is 1. The number of carboxylic acids is 1. The molecule has 0 aliphatic heterocycles. The molecule has 0 saturated heterocycles. The fraction of sp³-hybridized carbons (Fsp3) is 0.583. The van der Waals surface area contributed by atoms with Crippen molar-refractivity contribution < 1.29 is 14.7 Å². The number of aliphatic carboxylic acids is 1. The van der Waals surface area contributed by atoms with Gasteiger partial charge in [0.25, 0.3) is 0 Å². The zero-order valence-electron chi connectivity index (χ0n) is 11.9. The third kappa shape index (κ3) is 4.76. The molecule has 1 unspecified atom stereocenters. The summed E-state index contributed by atoms with van der Waals surface area (Å²) >= 11 is 1.69. The summed E-state index contributed by atoms with van der Waals surface area (Å²) in [5.74, 6) is -0.104. The molecular formula is C12H20N4O3S. The van der Waals surface area contributed by atoms with Crippen LogP contribution >= 0.6 is 11.8 Å². The lowest BCUT2D eigenvalue weighted by atomic mass is 10.2. The number of anilines is 1. The van der Waals surface area contributed by atoms with E-state index in [1.807, 2.05) is 13.2 Å². The molecule has 0 saturated carbocycles. The monoisotopic (exact) mass is 300 g/mol. The molecule has 2 amide bonds. The predicted octanol–water partition coefficient (Wildman–Crippen LogP) is 1.57. The van der Waals surface area contributed by atoms with Crippen LogP contribution in [0.15, 0.2) is 12.4 Å². The van der Waals surface area contributed by atoms with Gasteiger partial charge in [0, 0.05) is 25.0 Å². The molecule has 20 heavy (non-hydrogen) atoms. The Morgan fingerprint density at radius 1 is 1.60 bits per heavy atom. The van der Waals surface area contributed by atoms with E-state index in [4.69, 9.17) is 5.11 Å². The number of nitrogens with one attached hydrogen (secondary N) is 1. The first-order valence-electron chi connectivity index (χ1n) is 6.24. The average molecular weight is 300 g/mol. The molecule has 1 atom stereocenters. The van der Waals surface area contributed by atoms with Gasteiger partial charge in [-0.25, -0.2) is 4.79 Å². The molecule has 2 N–H and O–H groups in total. The highest BCUT2D eigenvalue weighted by atomic mass is 32.2. The van der Waals surface area contributed by atoms with Gasteiger partial charge in [-0.3, -0.25) is 9.48 Å². The Hall–Kier alpha value is -1.70. The van der Waals surface area contributed by atoms with Gasteiger partial charge in [0.2, 0.25) is 0 Å². The average Bonchev–Trinajstić information content (AvgIpc) is 2.81. The minimum Gasteiger partial charge on any atom is -0.480 e. The molecule has 0 radical (unpaired) electrons. The van der Waals surface area contributed by atoms with Crippen LogP contribution in [0, 0.1) is 0 Å². The number of carbonyl (C=O) groups excluding carboxylic acids is 1. The number of nitrogens with zero attached hydrogens (tertiary/aromatic N) is 3. The normalized spacial score (nSPS) is 11.9. The van der Waals surface area contributed by atoms with E-state index in [0.29, 0.717) is 5.69 Å². The minimum atomic E-state index is -0.978. The van der Waals surface area contributed by atoms with E-state index in [-0.39, 0.29) is 18.6 Å². The summed E-state index contributed by atoms with van der Waals surface area (Å²) in [5.41, 5.74) is 0.488. The molecule has 1 aromatic rings. The first kappa shape index (κ1) is 16.4. The summed E-state index contributed by atoms with van der Waals surface area (Å²) < 4.78 is 1.26. The van der Waals surface area contributed by atoms with Crippen LogP contribution in [0.4, 0.5) is 10.5 Å². The lowest BCUT2D eigenvalue weighted by Gasteiger charge is -2.26.